The highest BCUT2D eigenvalue weighted by Gasteiger charge is 2.14. The number of hydrogen-bond donors (Lipinski definition) is 0. The fourth-order valence-corrected chi connectivity index (χ4v) is 1.29. The lowest BCUT2D eigenvalue weighted by Gasteiger charge is -2.03. The summed E-state index contributed by atoms with van der Waals surface area (Å²) in [7, 11) is 1.19. The Morgan fingerprint density at radius 2 is 2.21 bits per heavy atom. The quantitative estimate of drug-likeness (QED) is 0.605. The van der Waals surface area contributed by atoms with Crippen molar-refractivity contribution in [2.45, 2.75) is 0 Å². The van der Waals surface area contributed by atoms with E-state index in [1.165, 1.54) is 13.2 Å². The molecule has 0 spiro atoms. The number of carbonyl (C=O) groups is 2. The molecule has 0 saturated carbocycles. The van der Waals surface area contributed by atoms with E-state index in [1.807, 2.05) is 0 Å². The summed E-state index contributed by atoms with van der Waals surface area (Å²) in [5.74, 6) is -1.27. The molecule has 3 nitrogen and oxygen atoms in total. The normalized spacial score (nSPS) is 9.64. The minimum Gasteiger partial charge on any atom is -0.465 e. The zero-order valence-corrected chi connectivity index (χ0v) is 8.80. The van der Waals surface area contributed by atoms with Gasteiger partial charge in [-0.3, -0.25) is 4.79 Å². The maximum Gasteiger partial charge on any atom is 0.338 e. The van der Waals surface area contributed by atoms with Crippen LogP contribution in [0.5, 0.6) is 0 Å². The number of esters is 1. The van der Waals surface area contributed by atoms with Crippen LogP contribution < -0.4 is 0 Å². The highest BCUT2D eigenvalue weighted by molar-refractivity contribution is 9.10. The third kappa shape index (κ3) is 1.98. The van der Waals surface area contributed by atoms with Crippen LogP contribution in [0.3, 0.4) is 0 Å². The monoisotopic (exact) mass is 260 g/mol. The number of halogens is 2. The first kappa shape index (κ1) is 10.8. The molecule has 1 rings (SSSR count). The molecule has 74 valence electrons. The Bertz CT molecular complexity index is 390. The third-order valence-corrected chi connectivity index (χ3v) is 2.23. The zero-order valence-electron chi connectivity index (χ0n) is 7.21. The van der Waals surface area contributed by atoms with E-state index in [0.717, 1.165) is 6.07 Å². The topological polar surface area (TPSA) is 43.4 Å². The van der Waals surface area contributed by atoms with Gasteiger partial charge in [-0.2, -0.15) is 0 Å². The summed E-state index contributed by atoms with van der Waals surface area (Å²) < 4.78 is 17.5. The average molecular weight is 261 g/mol. The molecule has 0 fully saturated rings. The van der Waals surface area contributed by atoms with Crippen molar-refractivity contribution in [3.8, 4) is 0 Å². The Labute approximate surface area is 88.0 Å². The van der Waals surface area contributed by atoms with Gasteiger partial charge in [0.05, 0.1) is 17.1 Å². The SMILES string of the molecule is COC(=O)c1cc(Br)c(F)cc1C=O. The first-order valence-corrected chi connectivity index (χ1v) is 4.42. The van der Waals surface area contributed by atoms with Gasteiger partial charge >= 0.3 is 5.97 Å². The van der Waals surface area contributed by atoms with Crippen molar-refractivity contribution in [1.82, 2.24) is 0 Å². The van der Waals surface area contributed by atoms with Crippen LogP contribution in [0.1, 0.15) is 20.7 Å². The second-order valence-corrected chi connectivity index (χ2v) is 3.32. The number of aldehydes is 1. The molecular weight excluding hydrogens is 255 g/mol. The Balaban J connectivity index is 3.34. The van der Waals surface area contributed by atoms with Gasteiger partial charge in [0.15, 0.2) is 6.29 Å². The molecule has 0 bridgehead atoms. The average Bonchev–Trinajstić information content (AvgIpc) is 2.20. The molecule has 0 radical (unpaired) electrons. The molecule has 0 aliphatic rings. The van der Waals surface area contributed by atoms with Gasteiger partial charge < -0.3 is 4.74 Å². The summed E-state index contributed by atoms with van der Waals surface area (Å²) in [6.07, 6.45) is 0.405. The zero-order chi connectivity index (χ0) is 10.7. The minimum absolute atomic E-state index is 0.0300. The van der Waals surface area contributed by atoms with E-state index in [2.05, 4.69) is 20.7 Å². The van der Waals surface area contributed by atoms with Crippen LogP contribution in [-0.2, 0) is 4.74 Å². The maximum atomic E-state index is 13.0. The molecule has 1 aromatic carbocycles. The van der Waals surface area contributed by atoms with E-state index in [9.17, 15) is 14.0 Å². The predicted octanol–water partition coefficient (Wildman–Crippen LogP) is 2.19. The summed E-state index contributed by atoms with van der Waals surface area (Å²) in [5, 5.41) is 0. The van der Waals surface area contributed by atoms with Crippen LogP contribution in [0.2, 0.25) is 0 Å². The highest BCUT2D eigenvalue weighted by atomic mass is 79.9. The molecule has 0 aliphatic carbocycles. The molecule has 0 heterocycles. The Morgan fingerprint density at radius 1 is 1.57 bits per heavy atom. The Morgan fingerprint density at radius 3 is 2.71 bits per heavy atom. The maximum absolute atomic E-state index is 13.0. The number of methoxy groups -OCH3 is 1. The molecule has 5 heteroatoms. The van der Waals surface area contributed by atoms with Gasteiger partial charge in [-0.05, 0) is 28.1 Å². The van der Waals surface area contributed by atoms with Gasteiger partial charge in [-0.15, -0.1) is 0 Å². The molecule has 14 heavy (non-hydrogen) atoms. The lowest BCUT2D eigenvalue weighted by molar-refractivity contribution is 0.0598. The molecule has 0 N–H and O–H groups in total. The molecule has 0 aliphatic heterocycles. The van der Waals surface area contributed by atoms with Crippen molar-refractivity contribution in [1.29, 1.82) is 0 Å². The molecule has 0 amide bonds. The fraction of sp³-hybridized carbons (Fsp3) is 0.111. The van der Waals surface area contributed by atoms with Gasteiger partial charge in [-0.25, -0.2) is 9.18 Å². The van der Waals surface area contributed by atoms with Crippen molar-refractivity contribution < 1.29 is 18.7 Å². The van der Waals surface area contributed by atoms with E-state index in [-0.39, 0.29) is 15.6 Å². The smallest absolute Gasteiger partial charge is 0.338 e. The minimum atomic E-state index is -0.673. The molecule has 0 saturated heterocycles. The van der Waals surface area contributed by atoms with Crippen LogP contribution in [-0.4, -0.2) is 19.4 Å². The number of benzene rings is 1. The highest BCUT2D eigenvalue weighted by Crippen LogP contribution is 2.20. The van der Waals surface area contributed by atoms with Crippen LogP contribution in [0.25, 0.3) is 0 Å². The first-order valence-electron chi connectivity index (χ1n) is 3.62. The lowest BCUT2D eigenvalue weighted by atomic mass is 10.1. The summed E-state index contributed by atoms with van der Waals surface area (Å²) >= 11 is 2.91. The predicted molar refractivity (Wildman–Crippen MR) is 50.8 cm³/mol. The summed E-state index contributed by atoms with van der Waals surface area (Å²) in [5.41, 5.74) is 0.00771. The van der Waals surface area contributed by atoms with Crippen LogP contribution in [0.4, 0.5) is 4.39 Å². The summed E-state index contributed by atoms with van der Waals surface area (Å²) in [6.45, 7) is 0. The number of carbonyl (C=O) groups excluding carboxylic acids is 2. The van der Waals surface area contributed by atoms with E-state index in [4.69, 9.17) is 0 Å². The van der Waals surface area contributed by atoms with Crippen LogP contribution in [0, 0.1) is 5.82 Å². The molecule has 1 aromatic rings. The van der Waals surface area contributed by atoms with Gasteiger partial charge in [0.2, 0.25) is 0 Å². The number of rotatable bonds is 2. The Hall–Kier alpha value is -1.23. The second-order valence-electron chi connectivity index (χ2n) is 2.46. The van der Waals surface area contributed by atoms with E-state index >= 15 is 0 Å². The molecule has 0 unspecified atom stereocenters. The Kier molecular flexibility index (Phi) is 3.35. The lowest BCUT2D eigenvalue weighted by Crippen LogP contribution is -2.06. The number of hydrogen-bond acceptors (Lipinski definition) is 3. The second kappa shape index (κ2) is 4.32. The van der Waals surface area contributed by atoms with Gasteiger partial charge in [-0.1, -0.05) is 0 Å². The van der Waals surface area contributed by atoms with E-state index in [0.29, 0.717) is 6.29 Å². The molecule has 0 atom stereocenters. The van der Waals surface area contributed by atoms with E-state index < -0.39 is 11.8 Å². The standard InChI is InChI=1S/C9H6BrFO3/c1-14-9(13)6-3-7(10)8(11)2-5(6)4-12/h2-4H,1H3. The van der Waals surface area contributed by atoms with Gasteiger partial charge in [0.25, 0.3) is 0 Å². The fourth-order valence-electron chi connectivity index (χ4n) is 0.946. The van der Waals surface area contributed by atoms with Crippen LogP contribution in [0.15, 0.2) is 16.6 Å². The first-order chi connectivity index (χ1) is 6.60. The molecule has 0 aromatic heterocycles. The van der Waals surface area contributed by atoms with E-state index in [1.54, 1.807) is 0 Å². The summed E-state index contributed by atoms with van der Waals surface area (Å²) in [4.78, 5) is 21.7. The van der Waals surface area contributed by atoms with Crippen LogP contribution >= 0.6 is 15.9 Å². The third-order valence-electron chi connectivity index (χ3n) is 1.62. The van der Waals surface area contributed by atoms with Gasteiger partial charge in [0.1, 0.15) is 5.82 Å². The van der Waals surface area contributed by atoms with Crippen molar-refractivity contribution in [3.63, 3.8) is 0 Å². The summed E-state index contributed by atoms with van der Waals surface area (Å²) in [6, 6.07) is 2.19. The van der Waals surface area contributed by atoms with Crippen molar-refractivity contribution in [2.75, 3.05) is 7.11 Å². The van der Waals surface area contributed by atoms with Crippen molar-refractivity contribution in [3.05, 3.63) is 33.5 Å². The van der Waals surface area contributed by atoms with Crippen molar-refractivity contribution >= 4 is 28.2 Å². The van der Waals surface area contributed by atoms with Gasteiger partial charge in [0, 0.05) is 5.56 Å². The number of ether oxygens (including phenoxy) is 1. The molecular formula is C9H6BrFO3. The largest absolute Gasteiger partial charge is 0.465 e. The van der Waals surface area contributed by atoms with Crippen molar-refractivity contribution in [2.24, 2.45) is 0 Å².